The number of carbonyl (C=O) groups is 1. The molecule has 114 valence electrons. The van der Waals surface area contributed by atoms with Crippen LogP contribution in [0.25, 0.3) is 0 Å². The van der Waals surface area contributed by atoms with Gasteiger partial charge in [-0.05, 0) is 43.5 Å². The molecule has 1 saturated heterocycles. The zero-order chi connectivity index (χ0) is 15.2. The fourth-order valence-electron chi connectivity index (χ4n) is 2.44. The molecule has 4 heteroatoms. The summed E-state index contributed by atoms with van der Waals surface area (Å²) in [5, 5.41) is 2.91. The van der Waals surface area contributed by atoms with Gasteiger partial charge in [-0.15, -0.1) is 0 Å². The third-order valence-electron chi connectivity index (χ3n) is 3.59. The summed E-state index contributed by atoms with van der Waals surface area (Å²) in [5.41, 5.74) is 0.658. The van der Waals surface area contributed by atoms with Crippen LogP contribution in [0.5, 0.6) is 11.5 Å². The van der Waals surface area contributed by atoms with Gasteiger partial charge in [-0.2, -0.15) is 0 Å². The zero-order valence-electron chi connectivity index (χ0n) is 12.3. The van der Waals surface area contributed by atoms with Crippen molar-refractivity contribution in [1.29, 1.82) is 0 Å². The lowest BCUT2D eigenvalue weighted by Gasteiger charge is -2.22. The number of carbonyl (C=O) groups excluding carboxylic acids is 1. The smallest absolute Gasteiger partial charge is 0.253 e. The van der Waals surface area contributed by atoms with E-state index in [2.05, 4.69) is 5.32 Å². The number of anilines is 1. The summed E-state index contributed by atoms with van der Waals surface area (Å²) in [6, 6.07) is 16.9. The summed E-state index contributed by atoms with van der Waals surface area (Å²) < 4.78 is 11.4. The Morgan fingerprint density at radius 2 is 1.82 bits per heavy atom. The number of rotatable bonds is 4. The second-order valence-electron chi connectivity index (χ2n) is 5.26. The first-order valence-electron chi connectivity index (χ1n) is 7.57. The molecule has 1 fully saturated rings. The van der Waals surface area contributed by atoms with Crippen LogP contribution < -0.4 is 10.1 Å². The lowest BCUT2D eigenvalue weighted by molar-refractivity contribution is -0.129. The molecule has 22 heavy (non-hydrogen) atoms. The summed E-state index contributed by atoms with van der Waals surface area (Å²) in [4.78, 5) is 12.3. The Kier molecular flexibility index (Phi) is 4.71. The maximum atomic E-state index is 12.3. The van der Waals surface area contributed by atoms with Gasteiger partial charge in [0.25, 0.3) is 5.91 Å². The molecule has 3 rings (SSSR count). The molecule has 0 bridgehead atoms. The van der Waals surface area contributed by atoms with Gasteiger partial charge in [0.05, 0.1) is 5.69 Å². The lowest BCUT2D eigenvalue weighted by atomic mass is 10.1. The van der Waals surface area contributed by atoms with Crippen molar-refractivity contribution in [3.8, 4) is 11.5 Å². The maximum absolute atomic E-state index is 12.3. The molecule has 1 atom stereocenters. The first kappa shape index (κ1) is 14.6. The largest absolute Gasteiger partial charge is 0.455 e. The molecule has 0 aromatic heterocycles. The van der Waals surface area contributed by atoms with Crippen molar-refractivity contribution in [2.24, 2.45) is 0 Å². The summed E-state index contributed by atoms with van der Waals surface area (Å²) in [5.74, 6) is 1.25. The van der Waals surface area contributed by atoms with E-state index in [-0.39, 0.29) is 12.0 Å². The molecular formula is C18H19NO3. The van der Waals surface area contributed by atoms with Gasteiger partial charge in [-0.1, -0.05) is 30.3 Å². The van der Waals surface area contributed by atoms with E-state index in [1.165, 1.54) is 0 Å². The van der Waals surface area contributed by atoms with Crippen molar-refractivity contribution >= 4 is 11.6 Å². The van der Waals surface area contributed by atoms with Crippen molar-refractivity contribution in [3.05, 3.63) is 54.6 Å². The Labute approximate surface area is 130 Å². The molecule has 1 amide bonds. The molecule has 1 N–H and O–H groups in total. The van der Waals surface area contributed by atoms with Gasteiger partial charge in [-0.25, -0.2) is 0 Å². The molecule has 0 aliphatic carbocycles. The fourth-order valence-corrected chi connectivity index (χ4v) is 2.44. The van der Waals surface area contributed by atoms with Gasteiger partial charge in [0.1, 0.15) is 11.9 Å². The Bertz CT molecular complexity index is 621. The minimum absolute atomic E-state index is 0.108. The van der Waals surface area contributed by atoms with E-state index in [4.69, 9.17) is 9.47 Å². The monoisotopic (exact) mass is 297 g/mol. The maximum Gasteiger partial charge on any atom is 0.253 e. The van der Waals surface area contributed by atoms with E-state index in [1.807, 2.05) is 54.6 Å². The third kappa shape index (κ3) is 3.65. The summed E-state index contributed by atoms with van der Waals surface area (Å²) in [6.45, 7) is 0.653. The second-order valence-corrected chi connectivity index (χ2v) is 5.26. The van der Waals surface area contributed by atoms with Crippen LogP contribution in [0, 0.1) is 0 Å². The summed E-state index contributed by atoms with van der Waals surface area (Å²) >= 11 is 0. The summed E-state index contributed by atoms with van der Waals surface area (Å²) in [6.07, 6.45) is 2.46. The minimum atomic E-state index is -0.362. The second kappa shape index (κ2) is 7.09. The standard InChI is InChI=1S/C18H19NO3/c20-18(17-12-6-7-13-21-17)19-15-10-4-5-11-16(15)22-14-8-2-1-3-9-14/h1-5,8-11,17H,6-7,12-13H2,(H,19,20). The van der Waals surface area contributed by atoms with Gasteiger partial charge in [0.2, 0.25) is 0 Å². The topological polar surface area (TPSA) is 47.6 Å². The Morgan fingerprint density at radius 3 is 2.59 bits per heavy atom. The first-order chi connectivity index (χ1) is 10.8. The van der Waals surface area contributed by atoms with Crippen LogP contribution in [0.1, 0.15) is 19.3 Å². The van der Waals surface area contributed by atoms with Crippen molar-refractivity contribution in [3.63, 3.8) is 0 Å². The quantitative estimate of drug-likeness (QED) is 0.928. The fraction of sp³-hybridized carbons (Fsp3) is 0.278. The SMILES string of the molecule is O=C(Nc1ccccc1Oc1ccccc1)C1CCCCO1. The van der Waals surface area contributed by atoms with Crippen LogP contribution in [0.4, 0.5) is 5.69 Å². The van der Waals surface area contributed by atoms with E-state index >= 15 is 0 Å². The van der Waals surface area contributed by atoms with Gasteiger partial charge >= 0.3 is 0 Å². The number of amides is 1. The van der Waals surface area contributed by atoms with Crippen molar-refractivity contribution in [2.75, 3.05) is 11.9 Å². The molecule has 2 aromatic rings. The van der Waals surface area contributed by atoms with Gasteiger partial charge < -0.3 is 14.8 Å². The predicted molar refractivity (Wildman–Crippen MR) is 85.2 cm³/mol. The average Bonchev–Trinajstić information content (AvgIpc) is 2.58. The van der Waals surface area contributed by atoms with Crippen LogP contribution in [0.2, 0.25) is 0 Å². The first-order valence-corrected chi connectivity index (χ1v) is 7.57. The molecule has 0 radical (unpaired) electrons. The molecule has 1 unspecified atom stereocenters. The van der Waals surface area contributed by atoms with E-state index in [9.17, 15) is 4.79 Å². The van der Waals surface area contributed by atoms with E-state index in [1.54, 1.807) is 0 Å². The number of hydrogen-bond acceptors (Lipinski definition) is 3. The van der Waals surface area contributed by atoms with Crippen LogP contribution >= 0.6 is 0 Å². The molecule has 2 aromatic carbocycles. The van der Waals surface area contributed by atoms with E-state index in [0.717, 1.165) is 25.0 Å². The molecule has 4 nitrogen and oxygen atoms in total. The highest BCUT2D eigenvalue weighted by atomic mass is 16.5. The zero-order valence-corrected chi connectivity index (χ0v) is 12.3. The minimum Gasteiger partial charge on any atom is -0.455 e. The number of para-hydroxylation sites is 3. The van der Waals surface area contributed by atoms with Crippen molar-refractivity contribution in [2.45, 2.75) is 25.4 Å². The number of nitrogens with one attached hydrogen (secondary N) is 1. The van der Waals surface area contributed by atoms with Crippen LogP contribution in [-0.4, -0.2) is 18.6 Å². The molecular weight excluding hydrogens is 278 g/mol. The van der Waals surface area contributed by atoms with Crippen molar-refractivity contribution in [1.82, 2.24) is 0 Å². The molecule has 0 saturated carbocycles. The Morgan fingerprint density at radius 1 is 1.05 bits per heavy atom. The number of ether oxygens (including phenoxy) is 2. The van der Waals surface area contributed by atoms with Gasteiger partial charge in [0, 0.05) is 6.61 Å². The lowest BCUT2D eigenvalue weighted by Crippen LogP contribution is -2.33. The van der Waals surface area contributed by atoms with Crippen LogP contribution in [0.3, 0.4) is 0 Å². The molecule has 1 heterocycles. The highest BCUT2D eigenvalue weighted by molar-refractivity contribution is 5.95. The van der Waals surface area contributed by atoms with Crippen LogP contribution in [-0.2, 0) is 9.53 Å². The normalized spacial score (nSPS) is 17.7. The average molecular weight is 297 g/mol. The number of benzene rings is 2. The van der Waals surface area contributed by atoms with Crippen molar-refractivity contribution < 1.29 is 14.3 Å². The highest BCUT2D eigenvalue weighted by Crippen LogP contribution is 2.29. The molecule has 0 spiro atoms. The number of hydrogen-bond donors (Lipinski definition) is 1. The summed E-state index contributed by atoms with van der Waals surface area (Å²) in [7, 11) is 0. The molecule has 1 aliphatic rings. The Balaban J connectivity index is 1.72. The molecule has 1 aliphatic heterocycles. The van der Waals surface area contributed by atoms with E-state index < -0.39 is 0 Å². The van der Waals surface area contributed by atoms with Gasteiger partial charge in [-0.3, -0.25) is 4.79 Å². The van der Waals surface area contributed by atoms with Gasteiger partial charge in [0.15, 0.2) is 5.75 Å². The highest BCUT2D eigenvalue weighted by Gasteiger charge is 2.22. The van der Waals surface area contributed by atoms with Crippen LogP contribution in [0.15, 0.2) is 54.6 Å². The Hall–Kier alpha value is -2.33. The third-order valence-corrected chi connectivity index (χ3v) is 3.59. The van der Waals surface area contributed by atoms with E-state index in [0.29, 0.717) is 18.0 Å². The predicted octanol–water partition coefficient (Wildman–Crippen LogP) is 3.99.